The summed E-state index contributed by atoms with van der Waals surface area (Å²) in [6, 6.07) is 0. The van der Waals surface area contributed by atoms with E-state index < -0.39 is 29.8 Å². The van der Waals surface area contributed by atoms with Crippen molar-refractivity contribution in [1.82, 2.24) is 0 Å². The zero-order valence-electron chi connectivity index (χ0n) is 16.1. The third kappa shape index (κ3) is 2.27. The third-order valence-electron chi connectivity index (χ3n) is 9.67. The second kappa shape index (κ2) is 6.15. The molecule has 10 atom stereocenters. The van der Waals surface area contributed by atoms with E-state index in [2.05, 4.69) is 6.92 Å². The molecular weight excluding hydrogens is 332 g/mol. The highest BCUT2D eigenvalue weighted by atomic mass is 16.4. The van der Waals surface area contributed by atoms with E-state index in [1.807, 2.05) is 6.92 Å². The van der Waals surface area contributed by atoms with Gasteiger partial charge in [-0.05, 0) is 80.5 Å². The van der Waals surface area contributed by atoms with E-state index >= 15 is 0 Å². The minimum Gasteiger partial charge on any atom is -0.394 e. The molecule has 0 heterocycles. The predicted octanol–water partition coefficient (Wildman–Crippen LogP) is 1.45. The zero-order valence-corrected chi connectivity index (χ0v) is 16.1. The van der Waals surface area contributed by atoms with Crippen molar-refractivity contribution in [1.29, 1.82) is 0 Å². The van der Waals surface area contributed by atoms with Crippen LogP contribution in [0.15, 0.2) is 0 Å². The topological polar surface area (TPSA) is 101 Å². The predicted molar refractivity (Wildman–Crippen MR) is 97.2 cm³/mol. The summed E-state index contributed by atoms with van der Waals surface area (Å²) in [7, 11) is 0. The molecule has 0 bridgehead atoms. The van der Waals surface area contributed by atoms with E-state index in [1.54, 1.807) is 0 Å². The summed E-state index contributed by atoms with van der Waals surface area (Å²) in [6.07, 6.45) is 4.76. The van der Waals surface area contributed by atoms with Crippen LogP contribution >= 0.6 is 0 Å². The highest BCUT2D eigenvalue weighted by Gasteiger charge is 2.69. The zero-order chi connectivity index (χ0) is 18.9. The molecule has 26 heavy (non-hydrogen) atoms. The van der Waals surface area contributed by atoms with Gasteiger partial charge in [0.05, 0.1) is 18.8 Å². The Balaban J connectivity index is 1.67. The molecule has 5 heteroatoms. The lowest BCUT2D eigenvalue weighted by Gasteiger charge is -2.63. The molecule has 0 aromatic carbocycles. The maximum Gasteiger partial charge on any atom is 0.106 e. The molecule has 0 aromatic heterocycles. The minimum absolute atomic E-state index is 0.154. The summed E-state index contributed by atoms with van der Waals surface area (Å²) < 4.78 is 0. The molecule has 4 aliphatic carbocycles. The van der Waals surface area contributed by atoms with Crippen LogP contribution in [-0.4, -0.2) is 56.1 Å². The number of aliphatic hydroxyl groups is 5. The van der Waals surface area contributed by atoms with Crippen LogP contribution in [0.25, 0.3) is 0 Å². The molecule has 0 radical (unpaired) electrons. The lowest BCUT2D eigenvalue weighted by molar-refractivity contribution is -0.235. The number of hydrogen-bond acceptors (Lipinski definition) is 5. The highest BCUT2D eigenvalue weighted by Crippen LogP contribution is 2.68. The largest absolute Gasteiger partial charge is 0.394 e. The van der Waals surface area contributed by atoms with Gasteiger partial charge in [0.2, 0.25) is 0 Å². The van der Waals surface area contributed by atoms with Gasteiger partial charge in [0.1, 0.15) is 11.7 Å². The Labute approximate surface area is 156 Å². The SMILES string of the molecule is CC12CCC(O)CC1CCC1C2CC(O)C2(C)C1CCC2(O)C(O)CO. The standard InChI is InChI=1S/C21H36O5/c1-19-7-5-13(23)9-12(19)3-4-14-15-6-8-21(26,18(25)11-22)20(15,2)17(24)10-16(14)19/h12-18,22-26H,3-11H2,1-2H3. The Morgan fingerprint density at radius 3 is 2.38 bits per heavy atom. The van der Waals surface area contributed by atoms with Crippen LogP contribution in [0.2, 0.25) is 0 Å². The van der Waals surface area contributed by atoms with E-state index in [4.69, 9.17) is 0 Å². The summed E-state index contributed by atoms with van der Waals surface area (Å²) in [6.45, 7) is 3.82. The third-order valence-corrected chi connectivity index (χ3v) is 9.67. The van der Waals surface area contributed by atoms with Crippen molar-refractivity contribution in [2.24, 2.45) is 34.5 Å². The number of hydrogen-bond donors (Lipinski definition) is 5. The molecule has 5 N–H and O–H groups in total. The van der Waals surface area contributed by atoms with Crippen molar-refractivity contribution in [2.45, 2.75) is 89.1 Å². The van der Waals surface area contributed by atoms with E-state index in [0.29, 0.717) is 30.6 Å². The van der Waals surface area contributed by atoms with Gasteiger partial charge in [-0.3, -0.25) is 0 Å². The van der Waals surface area contributed by atoms with Crippen LogP contribution < -0.4 is 0 Å². The first-order valence-electron chi connectivity index (χ1n) is 10.6. The molecule has 0 amide bonds. The van der Waals surface area contributed by atoms with Gasteiger partial charge in [-0.2, -0.15) is 0 Å². The average molecular weight is 369 g/mol. The number of fused-ring (bicyclic) bond motifs is 5. The molecule has 0 aromatic rings. The molecule has 150 valence electrons. The summed E-state index contributed by atoms with van der Waals surface area (Å²) in [4.78, 5) is 0. The minimum atomic E-state index is -1.42. The van der Waals surface area contributed by atoms with E-state index in [-0.39, 0.29) is 17.4 Å². The number of rotatable bonds is 2. The van der Waals surface area contributed by atoms with Gasteiger partial charge in [0.15, 0.2) is 0 Å². The molecule has 4 saturated carbocycles. The second-order valence-electron chi connectivity index (χ2n) is 10.3. The quantitative estimate of drug-likeness (QED) is 0.508. The summed E-state index contributed by atoms with van der Waals surface area (Å²) in [5.41, 5.74) is -2.04. The molecule has 0 saturated heterocycles. The summed E-state index contributed by atoms with van der Waals surface area (Å²) in [5.74, 6) is 1.55. The molecule has 4 rings (SSSR count). The van der Waals surface area contributed by atoms with Gasteiger partial charge >= 0.3 is 0 Å². The van der Waals surface area contributed by atoms with Crippen molar-refractivity contribution in [3.63, 3.8) is 0 Å². The number of aliphatic hydroxyl groups excluding tert-OH is 4. The van der Waals surface area contributed by atoms with Crippen LogP contribution in [-0.2, 0) is 0 Å². The van der Waals surface area contributed by atoms with Crippen molar-refractivity contribution in [3.8, 4) is 0 Å². The highest BCUT2D eigenvalue weighted by molar-refractivity contribution is 5.18. The van der Waals surface area contributed by atoms with Gasteiger partial charge in [0, 0.05) is 5.41 Å². The first-order valence-corrected chi connectivity index (χ1v) is 10.6. The van der Waals surface area contributed by atoms with Gasteiger partial charge in [0.25, 0.3) is 0 Å². The summed E-state index contributed by atoms with van der Waals surface area (Å²) >= 11 is 0. The van der Waals surface area contributed by atoms with Crippen molar-refractivity contribution in [2.75, 3.05) is 6.61 Å². The van der Waals surface area contributed by atoms with Crippen LogP contribution in [0, 0.1) is 34.5 Å². The van der Waals surface area contributed by atoms with Crippen LogP contribution in [0.5, 0.6) is 0 Å². The maximum absolute atomic E-state index is 11.3. The van der Waals surface area contributed by atoms with Gasteiger partial charge < -0.3 is 25.5 Å². The molecule has 4 aliphatic rings. The Morgan fingerprint density at radius 2 is 1.69 bits per heavy atom. The fraction of sp³-hybridized carbons (Fsp3) is 1.00. The smallest absolute Gasteiger partial charge is 0.106 e. The van der Waals surface area contributed by atoms with Crippen LogP contribution in [0.4, 0.5) is 0 Å². The molecule has 0 aliphatic heterocycles. The lowest BCUT2D eigenvalue weighted by Crippen LogP contribution is -2.65. The Kier molecular flexibility index (Phi) is 4.52. The van der Waals surface area contributed by atoms with Crippen molar-refractivity contribution in [3.05, 3.63) is 0 Å². The first-order chi connectivity index (χ1) is 12.2. The van der Waals surface area contributed by atoms with Gasteiger partial charge in [-0.15, -0.1) is 0 Å². The average Bonchev–Trinajstić information content (AvgIpc) is 2.90. The molecule has 0 spiro atoms. The maximum atomic E-state index is 11.3. The second-order valence-corrected chi connectivity index (χ2v) is 10.3. The lowest BCUT2D eigenvalue weighted by atomic mass is 9.43. The normalized spacial score (nSPS) is 57.8. The van der Waals surface area contributed by atoms with E-state index in [0.717, 1.165) is 38.5 Å². The molecule has 10 unspecified atom stereocenters. The van der Waals surface area contributed by atoms with Crippen molar-refractivity contribution >= 4 is 0 Å². The monoisotopic (exact) mass is 368 g/mol. The summed E-state index contributed by atoms with van der Waals surface area (Å²) in [5, 5.41) is 52.5. The van der Waals surface area contributed by atoms with Gasteiger partial charge in [-0.25, -0.2) is 0 Å². The van der Waals surface area contributed by atoms with E-state index in [9.17, 15) is 25.5 Å². The molecular formula is C21H36O5. The first kappa shape index (κ1) is 19.1. The fourth-order valence-corrected chi connectivity index (χ4v) is 7.96. The Morgan fingerprint density at radius 1 is 0.962 bits per heavy atom. The van der Waals surface area contributed by atoms with Crippen molar-refractivity contribution < 1.29 is 25.5 Å². The van der Waals surface area contributed by atoms with Crippen LogP contribution in [0.1, 0.15) is 65.2 Å². The van der Waals surface area contributed by atoms with Gasteiger partial charge in [-0.1, -0.05) is 13.8 Å². The van der Waals surface area contributed by atoms with Crippen LogP contribution in [0.3, 0.4) is 0 Å². The molecule has 5 nitrogen and oxygen atoms in total. The molecule has 4 fully saturated rings. The fourth-order valence-electron chi connectivity index (χ4n) is 7.96. The Bertz CT molecular complexity index is 555. The Hall–Kier alpha value is -0.200. The van der Waals surface area contributed by atoms with E-state index in [1.165, 1.54) is 0 Å².